The first kappa shape index (κ1) is 12.3. The summed E-state index contributed by atoms with van der Waals surface area (Å²) in [7, 11) is 1.84. The van der Waals surface area contributed by atoms with Crippen molar-refractivity contribution >= 4 is 11.6 Å². The van der Waals surface area contributed by atoms with Crippen molar-refractivity contribution in [1.29, 1.82) is 0 Å². The van der Waals surface area contributed by atoms with Crippen LogP contribution in [-0.2, 0) is 7.05 Å². The fraction of sp³-hybridized carbons (Fsp3) is 0.0714. The number of anilines is 2. The van der Waals surface area contributed by atoms with Crippen LogP contribution in [-0.4, -0.2) is 19.7 Å². The van der Waals surface area contributed by atoms with Gasteiger partial charge in [-0.3, -0.25) is 4.68 Å². The third kappa shape index (κ3) is 2.49. The topological polar surface area (TPSA) is 55.6 Å². The van der Waals surface area contributed by atoms with Crippen molar-refractivity contribution in [3.8, 4) is 11.1 Å². The van der Waals surface area contributed by atoms with Crippen LogP contribution in [0.15, 0.2) is 48.9 Å². The minimum absolute atomic E-state index is 0.500. The van der Waals surface area contributed by atoms with Gasteiger partial charge in [0.2, 0.25) is 5.95 Å². The summed E-state index contributed by atoms with van der Waals surface area (Å²) in [6.07, 6.45) is 4.82. The molecule has 0 bridgehead atoms. The molecule has 3 rings (SSSR count). The van der Waals surface area contributed by atoms with Crippen molar-refractivity contribution in [2.24, 2.45) is 7.05 Å². The molecule has 1 N–H and O–H groups in total. The number of hydrogen-bond acceptors (Lipinski definition) is 4. The molecule has 0 atom stereocenters. The Morgan fingerprint density at radius 3 is 2.45 bits per heavy atom. The summed E-state index contributed by atoms with van der Waals surface area (Å²) in [6.45, 7) is 0. The quantitative estimate of drug-likeness (QED) is 0.743. The van der Waals surface area contributed by atoms with Crippen LogP contribution in [0.4, 0.5) is 16.0 Å². The summed E-state index contributed by atoms with van der Waals surface area (Å²) in [5, 5.41) is 7.23. The van der Waals surface area contributed by atoms with Crippen LogP contribution < -0.4 is 5.32 Å². The highest BCUT2D eigenvalue weighted by atomic mass is 19.1. The van der Waals surface area contributed by atoms with Crippen LogP contribution in [0.25, 0.3) is 11.1 Å². The van der Waals surface area contributed by atoms with Crippen molar-refractivity contribution < 1.29 is 4.39 Å². The van der Waals surface area contributed by atoms with E-state index in [1.807, 2.05) is 25.2 Å². The van der Waals surface area contributed by atoms with Crippen LogP contribution >= 0.6 is 0 Å². The van der Waals surface area contributed by atoms with E-state index >= 15 is 0 Å². The Morgan fingerprint density at radius 2 is 1.75 bits per heavy atom. The minimum Gasteiger partial charge on any atom is -0.325 e. The number of aromatic nitrogens is 4. The molecule has 0 unspecified atom stereocenters. The van der Waals surface area contributed by atoms with Crippen molar-refractivity contribution in [3.05, 3.63) is 54.9 Å². The van der Waals surface area contributed by atoms with E-state index in [1.54, 1.807) is 23.1 Å². The van der Waals surface area contributed by atoms with Gasteiger partial charge in [-0.1, -0.05) is 0 Å². The van der Waals surface area contributed by atoms with Gasteiger partial charge in [0.05, 0.1) is 6.20 Å². The normalized spacial score (nSPS) is 10.5. The molecule has 0 aromatic carbocycles. The Balaban J connectivity index is 1.92. The smallest absolute Gasteiger partial charge is 0.213 e. The van der Waals surface area contributed by atoms with Gasteiger partial charge >= 0.3 is 0 Å². The predicted octanol–water partition coefficient (Wildman–Crippen LogP) is 2.76. The number of nitrogens with zero attached hydrogens (tertiary/aromatic N) is 4. The molecule has 0 saturated carbocycles. The van der Waals surface area contributed by atoms with Crippen LogP contribution in [0.1, 0.15) is 0 Å². The molecule has 100 valence electrons. The average Bonchev–Trinajstić information content (AvgIpc) is 2.85. The largest absolute Gasteiger partial charge is 0.325 e. The van der Waals surface area contributed by atoms with Crippen LogP contribution in [0.3, 0.4) is 0 Å². The summed E-state index contributed by atoms with van der Waals surface area (Å²) >= 11 is 0. The van der Waals surface area contributed by atoms with E-state index in [9.17, 15) is 4.39 Å². The van der Waals surface area contributed by atoms with Crippen molar-refractivity contribution in [2.45, 2.75) is 0 Å². The summed E-state index contributed by atoms with van der Waals surface area (Å²) in [6, 6.07) is 8.67. The van der Waals surface area contributed by atoms with E-state index in [0.29, 0.717) is 5.82 Å². The number of rotatable bonds is 3. The second-order valence-corrected chi connectivity index (χ2v) is 4.26. The summed E-state index contributed by atoms with van der Waals surface area (Å²) < 4.78 is 14.9. The van der Waals surface area contributed by atoms with E-state index in [-0.39, 0.29) is 0 Å². The maximum absolute atomic E-state index is 13.2. The second kappa shape index (κ2) is 5.08. The van der Waals surface area contributed by atoms with E-state index in [4.69, 9.17) is 0 Å². The van der Waals surface area contributed by atoms with Gasteiger partial charge in [0.15, 0.2) is 0 Å². The molecular weight excluding hydrogens is 257 g/mol. The highest BCUT2D eigenvalue weighted by Crippen LogP contribution is 2.22. The zero-order chi connectivity index (χ0) is 13.9. The highest BCUT2D eigenvalue weighted by molar-refractivity contribution is 5.67. The van der Waals surface area contributed by atoms with E-state index in [0.717, 1.165) is 16.9 Å². The molecule has 0 aliphatic heterocycles. The van der Waals surface area contributed by atoms with Crippen molar-refractivity contribution in [2.75, 3.05) is 5.32 Å². The Morgan fingerprint density at radius 1 is 1.00 bits per heavy atom. The maximum atomic E-state index is 13.2. The van der Waals surface area contributed by atoms with E-state index in [1.165, 1.54) is 12.3 Å². The third-order valence-corrected chi connectivity index (χ3v) is 2.90. The van der Waals surface area contributed by atoms with Crippen molar-refractivity contribution in [3.63, 3.8) is 0 Å². The van der Waals surface area contributed by atoms with Crippen LogP contribution in [0.5, 0.6) is 0 Å². The lowest BCUT2D eigenvalue weighted by Gasteiger charge is -2.07. The van der Waals surface area contributed by atoms with E-state index in [2.05, 4.69) is 20.4 Å². The van der Waals surface area contributed by atoms with Gasteiger partial charge in [0, 0.05) is 31.6 Å². The second-order valence-electron chi connectivity index (χ2n) is 4.26. The van der Waals surface area contributed by atoms with Gasteiger partial charge in [0.25, 0.3) is 0 Å². The third-order valence-electron chi connectivity index (χ3n) is 2.90. The Labute approximate surface area is 115 Å². The first-order valence-electron chi connectivity index (χ1n) is 6.05. The number of halogens is 1. The first-order chi connectivity index (χ1) is 9.72. The molecule has 0 amide bonds. The molecule has 20 heavy (non-hydrogen) atoms. The minimum atomic E-state index is -0.500. The standard InChI is InChI=1S/C14H12FN5/c1-20-14(4-7-18-20)19-13-9-11(3-6-17-13)10-2-5-16-12(15)8-10/h2-9H,1H3,(H,17,19). The predicted molar refractivity (Wildman–Crippen MR) is 73.9 cm³/mol. The molecular formula is C14H12FN5. The molecule has 3 aromatic heterocycles. The van der Waals surface area contributed by atoms with Gasteiger partial charge in [-0.05, 0) is 29.3 Å². The molecule has 3 heterocycles. The maximum Gasteiger partial charge on any atom is 0.213 e. The number of aryl methyl sites for hydroxylation is 1. The van der Waals surface area contributed by atoms with Gasteiger partial charge < -0.3 is 5.32 Å². The molecule has 0 fully saturated rings. The lowest BCUT2D eigenvalue weighted by molar-refractivity contribution is 0.584. The number of pyridine rings is 2. The fourth-order valence-corrected chi connectivity index (χ4v) is 1.89. The van der Waals surface area contributed by atoms with Gasteiger partial charge in [-0.15, -0.1) is 0 Å². The summed E-state index contributed by atoms with van der Waals surface area (Å²) in [4.78, 5) is 7.79. The van der Waals surface area contributed by atoms with Crippen LogP contribution in [0, 0.1) is 5.95 Å². The zero-order valence-corrected chi connectivity index (χ0v) is 10.8. The lowest BCUT2D eigenvalue weighted by Crippen LogP contribution is -2.00. The van der Waals surface area contributed by atoms with Gasteiger partial charge in [0.1, 0.15) is 11.6 Å². The van der Waals surface area contributed by atoms with Gasteiger partial charge in [-0.25, -0.2) is 9.97 Å². The zero-order valence-electron chi connectivity index (χ0n) is 10.8. The summed E-state index contributed by atoms with van der Waals surface area (Å²) in [5.41, 5.74) is 1.62. The fourth-order valence-electron chi connectivity index (χ4n) is 1.89. The van der Waals surface area contributed by atoms with E-state index < -0.39 is 5.95 Å². The lowest BCUT2D eigenvalue weighted by atomic mass is 10.1. The SMILES string of the molecule is Cn1nccc1Nc1cc(-c2ccnc(F)c2)ccn1. The average molecular weight is 269 g/mol. The van der Waals surface area contributed by atoms with Crippen molar-refractivity contribution in [1.82, 2.24) is 19.7 Å². The monoisotopic (exact) mass is 269 g/mol. The molecule has 6 heteroatoms. The molecule has 0 spiro atoms. The first-order valence-corrected chi connectivity index (χ1v) is 6.05. The van der Waals surface area contributed by atoms with Gasteiger partial charge in [-0.2, -0.15) is 9.49 Å². The molecule has 3 aromatic rings. The summed E-state index contributed by atoms with van der Waals surface area (Å²) in [5.74, 6) is 0.999. The molecule has 5 nitrogen and oxygen atoms in total. The molecule has 0 radical (unpaired) electrons. The Kier molecular flexibility index (Phi) is 3.12. The Bertz CT molecular complexity index is 738. The van der Waals surface area contributed by atoms with Crippen LogP contribution in [0.2, 0.25) is 0 Å². The molecule has 0 aliphatic carbocycles. The number of hydrogen-bond donors (Lipinski definition) is 1. The Hall–Kier alpha value is -2.76. The molecule has 0 aliphatic rings. The molecule has 0 saturated heterocycles. The highest BCUT2D eigenvalue weighted by Gasteiger charge is 2.04. The number of nitrogens with one attached hydrogen (secondary N) is 1.